The van der Waals surface area contributed by atoms with Crippen LogP contribution in [-0.2, 0) is 16.7 Å². The van der Waals surface area contributed by atoms with Gasteiger partial charge in [0.15, 0.2) is 17.2 Å². The molecule has 1 aromatic heterocycles. The highest BCUT2D eigenvalue weighted by Gasteiger charge is 2.51. The Bertz CT molecular complexity index is 1170. The molecule has 1 spiro atoms. The summed E-state index contributed by atoms with van der Waals surface area (Å²) in [5.41, 5.74) is -1.44. The van der Waals surface area contributed by atoms with E-state index in [1.165, 1.54) is 23.2 Å². The minimum Gasteiger partial charge on any atom is -0.503 e. The molecule has 1 amide bonds. The summed E-state index contributed by atoms with van der Waals surface area (Å²) < 4.78 is 21.3. The second kappa shape index (κ2) is 8.91. The quantitative estimate of drug-likeness (QED) is 0.619. The summed E-state index contributed by atoms with van der Waals surface area (Å²) in [6.45, 7) is 3.53. The molecule has 2 aromatic rings. The van der Waals surface area contributed by atoms with Crippen LogP contribution in [0.2, 0.25) is 5.02 Å². The third kappa shape index (κ3) is 4.06. The summed E-state index contributed by atoms with van der Waals surface area (Å²) in [5.74, 6) is -2.04. The molecule has 1 saturated carbocycles. The highest BCUT2D eigenvalue weighted by atomic mass is 35.5. The van der Waals surface area contributed by atoms with E-state index in [0.29, 0.717) is 32.6 Å². The first kappa shape index (κ1) is 23.4. The van der Waals surface area contributed by atoms with E-state index in [4.69, 9.17) is 16.3 Å². The molecule has 0 unspecified atom stereocenters. The van der Waals surface area contributed by atoms with Gasteiger partial charge in [0.25, 0.3) is 5.91 Å². The second-order valence-corrected chi connectivity index (χ2v) is 9.30. The van der Waals surface area contributed by atoms with Crippen molar-refractivity contribution in [1.82, 2.24) is 9.47 Å². The highest BCUT2D eigenvalue weighted by Crippen LogP contribution is 2.48. The minimum absolute atomic E-state index is 0.0393. The van der Waals surface area contributed by atoms with Crippen LogP contribution in [0.1, 0.15) is 52.6 Å². The topological polar surface area (TPSA) is 88.8 Å². The van der Waals surface area contributed by atoms with Gasteiger partial charge >= 0.3 is 0 Å². The number of pyridine rings is 1. The molecule has 0 bridgehead atoms. The van der Waals surface area contributed by atoms with E-state index < -0.39 is 34.2 Å². The van der Waals surface area contributed by atoms with Crippen molar-refractivity contribution in [2.45, 2.75) is 38.1 Å². The van der Waals surface area contributed by atoms with E-state index >= 15 is 0 Å². The molecule has 9 heteroatoms. The van der Waals surface area contributed by atoms with Crippen molar-refractivity contribution in [1.29, 1.82) is 0 Å². The van der Waals surface area contributed by atoms with Crippen LogP contribution in [-0.4, -0.2) is 53.1 Å². The number of carbonyl (C=O) groups is 2. The third-order valence-corrected chi connectivity index (χ3v) is 6.92. The van der Waals surface area contributed by atoms with Gasteiger partial charge in [0.2, 0.25) is 5.43 Å². The first-order valence-corrected chi connectivity index (χ1v) is 11.3. The maximum atomic E-state index is 14.2. The summed E-state index contributed by atoms with van der Waals surface area (Å²) in [7, 11) is 1.63. The number of ketones is 1. The number of fused-ring (bicyclic) bond motifs is 2. The lowest BCUT2D eigenvalue weighted by Gasteiger charge is -2.54. The number of halogens is 2. The lowest BCUT2D eigenvalue weighted by molar-refractivity contribution is -0.0265. The summed E-state index contributed by atoms with van der Waals surface area (Å²) in [5, 5.41) is 10.6. The van der Waals surface area contributed by atoms with Crippen molar-refractivity contribution >= 4 is 23.3 Å². The van der Waals surface area contributed by atoms with Crippen LogP contribution in [0.5, 0.6) is 5.75 Å². The number of carbonyl (C=O) groups excluding carboxylic acids is 2. The number of Topliss-reactive ketones (excluding diaryl/α,β-unsaturated/α-hetero) is 1. The van der Waals surface area contributed by atoms with Gasteiger partial charge in [-0.3, -0.25) is 14.4 Å². The first-order chi connectivity index (χ1) is 15.7. The van der Waals surface area contributed by atoms with Crippen molar-refractivity contribution in [2.24, 2.45) is 5.92 Å². The van der Waals surface area contributed by atoms with Gasteiger partial charge in [-0.2, -0.15) is 0 Å². The molecule has 0 atom stereocenters. The highest BCUT2D eigenvalue weighted by molar-refractivity contribution is 6.30. The molecule has 2 aliphatic rings. The zero-order valence-corrected chi connectivity index (χ0v) is 19.3. The molecule has 1 aromatic carbocycles. The predicted octanol–water partition coefficient (Wildman–Crippen LogP) is 3.39. The Hall–Kier alpha value is -2.71. The fourth-order valence-corrected chi connectivity index (χ4v) is 5.21. The molecule has 4 rings (SSSR count). The van der Waals surface area contributed by atoms with E-state index in [-0.39, 0.29) is 40.6 Å². The maximum Gasteiger partial charge on any atom is 0.274 e. The zero-order valence-electron chi connectivity index (χ0n) is 18.6. The number of benzene rings is 1. The number of nitrogens with zero attached hydrogens (tertiary/aromatic N) is 2. The Balaban J connectivity index is 1.66. The second-order valence-electron chi connectivity index (χ2n) is 8.89. The summed E-state index contributed by atoms with van der Waals surface area (Å²) in [6, 6.07) is 4.54. The van der Waals surface area contributed by atoms with Crippen molar-refractivity contribution in [3.05, 3.63) is 62.3 Å². The van der Waals surface area contributed by atoms with Crippen LogP contribution in [0.15, 0.2) is 29.2 Å². The van der Waals surface area contributed by atoms with E-state index in [1.54, 1.807) is 17.7 Å². The number of aromatic hydroxyl groups is 1. The lowest BCUT2D eigenvalue weighted by atomic mass is 9.67. The van der Waals surface area contributed by atoms with Gasteiger partial charge in [-0.25, -0.2) is 4.39 Å². The number of likely N-dealkylation sites (N-methyl/N-ethyl adjacent to an activating group) is 1. The monoisotopic (exact) mass is 476 g/mol. The Morgan fingerprint density at radius 2 is 2.06 bits per heavy atom. The van der Waals surface area contributed by atoms with E-state index in [0.717, 1.165) is 0 Å². The van der Waals surface area contributed by atoms with Crippen LogP contribution in [0.4, 0.5) is 4.39 Å². The number of ether oxygens (including phenoxy) is 1. The van der Waals surface area contributed by atoms with Gasteiger partial charge in [-0.15, -0.1) is 0 Å². The van der Waals surface area contributed by atoms with Crippen LogP contribution in [0, 0.1) is 11.7 Å². The van der Waals surface area contributed by atoms with Crippen molar-refractivity contribution in [2.75, 3.05) is 26.8 Å². The minimum atomic E-state index is -0.887. The largest absolute Gasteiger partial charge is 0.503 e. The van der Waals surface area contributed by atoms with Crippen molar-refractivity contribution < 1.29 is 23.8 Å². The van der Waals surface area contributed by atoms with E-state index in [2.05, 4.69) is 0 Å². The van der Waals surface area contributed by atoms with Gasteiger partial charge in [0.05, 0.1) is 16.1 Å². The molecule has 1 aliphatic carbocycles. The van der Waals surface area contributed by atoms with Crippen LogP contribution >= 0.6 is 11.6 Å². The van der Waals surface area contributed by atoms with Crippen molar-refractivity contribution in [3.63, 3.8) is 0 Å². The number of amides is 1. The number of hydrogen-bond donors (Lipinski definition) is 1. The average Bonchev–Trinajstić information content (AvgIpc) is 2.76. The van der Waals surface area contributed by atoms with Crippen LogP contribution in [0.25, 0.3) is 0 Å². The summed E-state index contributed by atoms with van der Waals surface area (Å²) >= 11 is 5.80. The SMILES string of the molecule is CCOCC1CC2(C1)CN(C)C(=O)c1c(O)c(=O)c(C(=O)CCc3cccc(Cl)c3F)cn12. The molecular weight excluding hydrogens is 451 g/mol. The fourth-order valence-electron chi connectivity index (χ4n) is 5.02. The molecular formula is C24H26ClFN2O5. The number of aryl methyl sites for hydroxylation is 1. The summed E-state index contributed by atoms with van der Waals surface area (Å²) in [6.07, 6.45) is 2.70. The lowest BCUT2D eigenvalue weighted by Crippen LogP contribution is -2.60. The first-order valence-electron chi connectivity index (χ1n) is 11.0. The Morgan fingerprint density at radius 1 is 1.33 bits per heavy atom. The molecule has 176 valence electrons. The standard InChI is InChI=1S/C24H26ClFN2O5/c1-3-33-12-14-9-24(10-14)13-27(2)23(32)20-22(31)21(30)16(11-28(20)24)18(29)8-7-15-5-4-6-17(25)19(15)26/h4-6,11,14,31H,3,7-10,12-13H2,1-2H3. The molecule has 1 fully saturated rings. The molecule has 0 saturated heterocycles. The molecule has 1 aliphatic heterocycles. The molecule has 7 nitrogen and oxygen atoms in total. The molecule has 33 heavy (non-hydrogen) atoms. The third-order valence-electron chi connectivity index (χ3n) is 6.62. The molecule has 0 radical (unpaired) electrons. The van der Waals surface area contributed by atoms with E-state index in [9.17, 15) is 23.9 Å². The predicted molar refractivity (Wildman–Crippen MR) is 121 cm³/mol. The van der Waals surface area contributed by atoms with Crippen LogP contribution in [0.3, 0.4) is 0 Å². The van der Waals surface area contributed by atoms with Gasteiger partial charge in [0.1, 0.15) is 5.82 Å². The zero-order chi connectivity index (χ0) is 23.9. The van der Waals surface area contributed by atoms with Gasteiger partial charge in [-0.1, -0.05) is 23.7 Å². The van der Waals surface area contributed by atoms with Gasteiger partial charge < -0.3 is 19.3 Å². The average molecular weight is 477 g/mol. The molecule has 1 N–H and O–H groups in total. The number of rotatable bonds is 7. The van der Waals surface area contributed by atoms with Gasteiger partial charge in [0, 0.05) is 39.4 Å². The molecule has 2 heterocycles. The van der Waals surface area contributed by atoms with Crippen LogP contribution < -0.4 is 5.43 Å². The van der Waals surface area contributed by atoms with Gasteiger partial charge in [-0.05, 0) is 43.7 Å². The Labute approximate surface area is 195 Å². The maximum absolute atomic E-state index is 14.2. The smallest absolute Gasteiger partial charge is 0.274 e. The number of hydrogen-bond acceptors (Lipinski definition) is 5. The normalized spacial score (nSPS) is 21.8. The number of aromatic nitrogens is 1. The Morgan fingerprint density at radius 3 is 2.76 bits per heavy atom. The van der Waals surface area contributed by atoms with E-state index in [1.807, 2.05) is 6.92 Å². The Kier molecular flexibility index (Phi) is 6.33. The van der Waals surface area contributed by atoms with Crippen molar-refractivity contribution in [3.8, 4) is 5.75 Å². The summed E-state index contributed by atoms with van der Waals surface area (Å²) in [4.78, 5) is 40.0. The fraction of sp³-hybridized carbons (Fsp3) is 0.458.